The summed E-state index contributed by atoms with van der Waals surface area (Å²) in [4.78, 5) is 11.8. The van der Waals surface area contributed by atoms with Crippen LogP contribution >= 0.6 is 0 Å². The molecule has 3 rings (SSSR count). The van der Waals surface area contributed by atoms with Gasteiger partial charge in [-0.2, -0.15) is 0 Å². The quantitative estimate of drug-likeness (QED) is 0.643. The first kappa shape index (κ1) is 10.4. The molecule has 3 heteroatoms. The summed E-state index contributed by atoms with van der Waals surface area (Å²) in [5.74, 6) is -0.0372. The molecular weight excluding hydrogens is 216 g/mol. The van der Waals surface area contributed by atoms with Crippen LogP contribution in [0.1, 0.15) is 36.2 Å². The van der Waals surface area contributed by atoms with Crippen molar-refractivity contribution in [1.29, 1.82) is 0 Å². The molecule has 1 aromatic carbocycles. The van der Waals surface area contributed by atoms with E-state index in [1.807, 2.05) is 25.1 Å². The molecule has 17 heavy (non-hydrogen) atoms. The second-order valence-electron chi connectivity index (χ2n) is 4.75. The maximum absolute atomic E-state index is 11.8. The normalized spacial score (nSPS) is 30.6. The number of carbonyl (C=O) groups is 1. The van der Waals surface area contributed by atoms with Crippen molar-refractivity contribution in [1.82, 2.24) is 0 Å². The van der Waals surface area contributed by atoms with Gasteiger partial charge in [-0.25, -0.2) is 4.79 Å². The van der Waals surface area contributed by atoms with E-state index < -0.39 is 5.79 Å². The lowest BCUT2D eigenvalue weighted by atomic mass is 9.91. The first-order valence-electron chi connectivity index (χ1n) is 5.81. The molecule has 88 valence electrons. The number of hydrogen-bond donors (Lipinski definition) is 0. The molecule has 2 aliphatic heterocycles. The van der Waals surface area contributed by atoms with E-state index in [0.29, 0.717) is 17.9 Å². The molecule has 0 fully saturated rings. The van der Waals surface area contributed by atoms with Crippen LogP contribution in [0.25, 0.3) is 0 Å². The Balaban J connectivity index is 2.12. The van der Waals surface area contributed by atoms with Crippen molar-refractivity contribution >= 4 is 5.97 Å². The lowest BCUT2D eigenvalue weighted by Gasteiger charge is -2.35. The van der Waals surface area contributed by atoms with Crippen LogP contribution in [0.4, 0.5) is 0 Å². The van der Waals surface area contributed by atoms with E-state index in [2.05, 4.69) is 13.0 Å². The van der Waals surface area contributed by atoms with Crippen molar-refractivity contribution in [3.63, 3.8) is 0 Å². The Morgan fingerprint density at radius 2 is 2.06 bits per heavy atom. The van der Waals surface area contributed by atoms with Gasteiger partial charge in [-0.05, 0) is 25.0 Å². The number of ether oxygens (including phenoxy) is 2. The maximum Gasteiger partial charge on any atom is 0.342 e. The summed E-state index contributed by atoms with van der Waals surface area (Å²) in [7, 11) is 0. The van der Waals surface area contributed by atoms with Crippen LogP contribution < -0.4 is 0 Å². The number of allylic oxidation sites excluding steroid dienone is 2. The molecular formula is C14H14O3. The van der Waals surface area contributed by atoms with Gasteiger partial charge in [0.05, 0.1) is 16.9 Å². The van der Waals surface area contributed by atoms with E-state index in [1.54, 1.807) is 6.07 Å². The molecule has 0 amide bonds. The predicted molar refractivity (Wildman–Crippen MR) is 62.2 cm³/mol. The molecule has 0 aromatic heterocycles. The molecule has 2 heterocycles. The molecule has 0 saturated heterocycles. The Morgan fingerprint density at radius 3 is 2.82 bits per heavy atom. The number of benzene rings is 1. The average Bonchev–Trinajstić information content (AvgIpc) is 2.51. The lowest BCUT2D eigenvalue weighted by Crippen LogP contribution is -2.34. The summed E-state index contributed by atoms with van der Waals surface area (Å²) in [6.45, 7) is 3.99. The average molecular weight is 230 g/mol. The van der Waals surface area contributed by atoms with Crippen molar-refractivity contribution in [3.8, 4) is 0 Å². The molecule has 3 nitrogen and oxygen atoms in total. The first-order valence-corrected chi connectivity index (χ1v) is 5.81. The molecule has 0 unspecified atom stereocenters. The Hall–Kier alpha value is -1.77. The fourth-order valence-corrected chi connectivity index (χ4v) is 2.70. The largest absolute Gasteiger partial charge is 0.453 e. The van der Waals surface area contributed by atoms with E-state index in [0.717, 1.165) is 11.3 Å². The van der Waals surface area contributed by atoms with Crippen LogP contribution in [0.3, 0.4) is 0 Å². The van der Waals surface area contributed by atoms with Crippen LogP contribution in [0, 0.1) is 5.92 Å². The summed E-state index contributed by atoms with van der Waals surface area (Å²) in [5, 5.41) is 0. The summed E-state index contributed by atoms with van der Waals surface area (Å²) < 4.78 is 11.3. The van der Waals surface area contributed by atoms with Gasteiger partial charge in [0.15, 0.2) is 0 Å². The van der Waals surface area contributed by atoms with Gasteiger partial charge in [0.2, 0.25) is 0 Å². The molecule has 0 radical (unpaired) electrons. The van der Waals surface area contributed by atoms with Gasteiger partial charge in [-0.15, -0.1) is 0 Å². The molecule has 1 aromatic rings. The lowest BCUT2D eigenvalue weighted by molar-refractivity contribution is -0.195. The second-order valence-corrected chi connectivity index (χ2v) is 4.75. The first-order chi connectivity index (χ1) is 8.11. The van der Waals surface area contributed by atoms with Gasteiger partial charge in [0.1, 0.15) is 0 Å². The highest BCUT2D eigenvalue weighted by Gasteiger charge is 2.49. The highest BCUT2D eigenvalue weighted by Crippen LogP contribution is 2.45. The fraction of sp³-hybridized carbons (Fsp3) is 0.357. The van der Waals surface area contributed by atoms with Crippen LogP contribution in [-0.2, 0) is 15.3 Å². The Kier molecular flexibility index (Phi) is 2.05. The smallest absolute Gasteiger partial charge is 0.342 e. The number of esters is 1. The minimum Gasteiger partial charge on any atom is -0.453 e. The van der Waals surface area contributed by atoms with Crippen molar-refractivity contribution in [2.45, 2.75) is 26.1 Å². The van der Waals surface area contributed by atoms with Gasteiger partial charge in [-0.1, -0.05) is 25.1 Å². The SMILES string of the molecule is CC1=C[C@@H](C)C[C@]2(OC(=O)c3ccccc32)O1. The second kappa shape index (κ2) is 3.36. The monoisotopic (exact) mass is 230 g/mol. The third-order valence-electron chi connectivity index (χ3n) is 3.25. The topological polar surface area (TPSA) is 35.5 Å². The molecule has 2 aliphatic rings. The summed E-state index contributed by atoms with van der Waals surface area (Å²) in [5.41, 5.74) is 1.47. The summed E-state index contributed by atoms with van der Waals surface area (Å²) in [6.07, 6.45) is 2.73. The number of carbonyl (C=O) groups excluding carboxylic acids is 1. The number of rotatable bonds is 0. The zero-order chi connectivity index (χ0) is 12.0. The van der Waals surface area contributed by atoms with Gasteiger partial charge >= 0.3 is 5.97 Å². The zero-order valence-corrected chi connectivity index (χ0v) is 9.90. The molecule has 0 bridgehead atoms. The standard InChI is InChI=1S/C14H14O3/c1-9-7-10(2)16-14(8-9)12-6-4-3-5-11(12)13(15)17-14/h3-7,9H,8H2,1-2H3/t9-,14-/m1/s1. The summed E-state index contributed by atoms with van der Waals surface area (Å²) >= 11 is 0. The van der Waals surface area contributed by atoms with Gasteiger partial charge in [-0.3, -0.25) is 0 Å². The Bertz CT molecular complexity index is 518. The van der Waals surface area contributed by atoms with Crippen LogP contribution in [0.15, 0.2) is 36.1 Å². The van der Waals surface area contributed by atoms with Gasteiger partial charge in [0.25, 0.3) is 5.79 Å². The van der Waals surface area contributed by atoms with Crippen LogP contribution in [0.2, 0.25) is 0 Å². The minimum atomic E-state index is -0.897. The highest BCUT2D eigenvalue weighted by atomic mass is 16.7. The Labute approximate surface area is 100 Å². The van der Waals surface area contributed by atoms with E-state index in [9.17, 15) is 4.79 Å². The third kappa shape index (κ3) is 1.46. The summed E-state index contributed by atoms with van der Waals surface area (Å²) in [6, 6.07) is 7.44. The molecule has 2 atom stereocenters. The van der Waals surface area contributed by atoms with E-state index in [-0.39, 0.29) is 5.97 Å². The van der Waals surface area contributed by atoms with Gasteiger partial charge < -0.3 is 9.47 Å². The highest BCUT2D eigenvalue weighted by molar-refractivity contribution is 5.94. The van der Waals surface area contributed by atoms with E-state index in [4.69, 9.17) is 9.47 Å². The number of hydrogen-bond acceptors (Lipinski definition) is 3. The molecule has 0 N–H and O–H groups in total. The van der Waals surface area contributed by atoms with Crippen LogP contribution in [0.5, 0.6) is 0 Å². The van der Waals surface area contributed by atoms with E-state index >= 15 is 0 Å². The van der Waals surface area contributed by atoms with Crippen molar-refractivity contribution < 1.29 is 14.3 Å². The van der Waals surface area contributed by atoms with Crippen molar-refractivity contribution in [2.75, 3.05) is 0 Å². The fourth-order valence-electron chi connectivity index (χ4n) is 2.70. The molecule has 1 spiro atoms. The van der Waals surface area contributed by atoms with Crippen LogP contribution in [-0.4, -0.2) is 5.97 Å². The molecule has 0 saturated carbocycles. The van der Waals surface area contributed by atoms with Gasteiger partial charge in [0, 0.05) is 6.42 Å². The number of fused-ring (bicyclic) bond motifs is 2. The third-order valence-corrected chi connectivity index (χ3v) is 3.25. The maximum atomic E-state index is 11.8. The zero-order valence-electron chi connectivity index (χ0n) is 9.90. The van der Waals surface area contributed by atoms with E-state index in [1.165, 1.54) is 0 Å². The predicted octanol–water partition coefficient (Wildman–Crippen LogP) is 2.97. The van der Waals surface area contributed by atoms with Crippen molar-refractivity contribution in [3.05, 3.63) is 47.2 Å². The molecule has 0 aliphatic carbocycles. The van der Waals surface area contributed by atoms with Crippen molar-refractivity contribution in [2.24, 2.45) is 5.92 Å². The minimum absolute atomic E-state index is 0.289. The Morgan fingerprint density at radius 1 is 1.29 bits per heavy atom.